The highest BCUT2D eigenvalue weighted by atomic mass is 16.5. The number of aromatic carboxylic acids is 2. The molecule has 0 bridgehead atoms. The van der Waals surface area contributed by atoms with Crippen LogP contribution in [0.4, 0.5) is 0 Å². The Morgan fingerprint density at radius 2 is 1.44 bits per heavy atom. The number of rotatable bonds is 14. The van der Waals surface area contributed by atoms with E-state index in [2.05, 4.69) is 37.5 Å². The summed E-state index contributed by atoms with van der Waals surface area (Å²) in [5.74, 6) is -0.554. The number of fused-ring (bicyclic) bond motifs is 2. The molecule has 1 aliphatic heterocycles. The van der Waals surface area contributed by atoms with Gasteiger partial charge in [-0.1, -0.05) is 27.7 Å². The van der Waals surface area contributed by atoms with Crippen LogP contribution in [0, 0.1) is 0 Å². The molecule has 2 N–H and O–H groups in total. The quantitative estimate of drug-likeness (QED) is 0.312. The van der Waals surface area contributed by atoms with Gasteiger partial charge in [-0.15, -0.1) is 0 Å². The summed E-state index contributed by atoms with van der Waals surface area (Å²) in [7, 11) is 0. The monoisotopic (exact) mass is 496 g/mol. The minimum absolute atomic E-state index is 0.204. The molecule has 0 aliphatic carbocycles. The summed E-state index contributed by atoms with van der Waals surface area (Å²) in [6.07, 6.45) is 3.49. The highest BCUT2D eigenvalue weighted by Gasteiger charge is 2.27. The van der Waals surface area contributed by atoms with Crippen molar-refractivity contribution in [3.8, 4) is 11.5 Å². The molecule has 0 saturated carbocycles. The van der Waals surface area contributed by atoms with E-state index >= 15 is 0 Å². The number of carboxylic acids is 2. The summed E-state index contributed by atoms with van der Waals surface area (Å²) in [6, 6.07) is 6.79. The van der Waals surface area contributed by atoms with Gasteiger partial charge < -0.3 is 24.7 Å². The van der Waals surface area contributed by atoms with Crippen molar-refractivity contribution in [2.75, 3.05) is 39.3 Å². The zero-order chi connectivity index (χ0) is 26.2. The first-order chi connectivity index (χ1) is 17.3. The lowest BCUT2D eigenvalue weighted by Crippen LogP contribution is -2.25. The summed E-state index contributed by atoms with van der Waals surface area (Å²) in [6.45, 7) is 14.2. The molecule has 2 aromatic carbocycles. The van der Waals surface area contributed by atoms with Crippen LogP contribution in [0.15, 0.2) is 24.3 Å². The molecule has 0 amide bonds. The number of ether oxygens (including phenoxy) is 1. The molecule has 0 fully saturated rings. The van der Waals surface area contributed by atoms with Crippen molar-refractivity contribution in [3.63, 3.8) is 0 Å². The van der Waals surface area contributed by atoms with Crippen LogP contribution in [0.1, 0.15) is 83.5 Å². The molecule has 0 radical (unpaired) electrons. The van der Waals surface area contributed by atoms with Gasteiger partial charge in [-0.05, 0) is 100 Å². The Hall–Kier alpha value is -2.90. The lowest BCUT2D eigenvalue weighted by molar-refractivity contribution is 0.0684. The van der Waals surface area contributed by atoms with Crippen molar-refractivity contribution in [3.05, 3.63) is 57.6 Å². The fraction of sp³-hybridized carbons (Fsp3) is 0.517. The van der Waals surface area contributed by atoms with Crippen molar-refractivity contribution >= 4 is 11.9 Å². The smallest absolute Gasteiger partial charge is 0.336 e. The number of carbonyl (C=O) groups is 2. The highest BCUT2D eigenvalue weighted by Crippen LogP contribution is 2.41. The Morgan fingerprint density at radius 3 is 2.00 bits per heavy atom. The Kier molecular flexibility index (Phi) is 9.90. The molecule has 7 nitrogen and oxygen atoms in total. The second kappa shape index (κ2) is 12.9. The van der Waals surface area contributed by atoms with Crippen LogP contribution in [-0.4, -0.2) is 71.2 Å². The predicted molar refractivity (Wildman–Crippen MR) is 142 cm³/mol. The number of benzene rings is 2. The third kappa shape index (κ3) is 6.45. The number of aryl methyl sites for hydroxylation is 1. The van der Waals surface area contributed by atoms with Crippen LogP contribution < -0.4 is 4.74 Å². The first-order valence-electron chi connectivity index (χ1n) is 13.2. The van der Waals surface area contributed by atoms with Crippen LogP contribution in [0.3, 0.4) is 0 Å². The summed E-state index contributed by atoms with van der Waals surface area (Å²) < 4.78 is 6.26. The SMILES string of the molecule is CCN(CC)CCCc1cc2c(c(CCCN(CC)CC)c1C(=O)O)Cc1cc(C(=O)O)ccc1O2. The lowest BCUT2D eigenvalue weighted by atomic mass is 9.86. The molecule has 2 aromatic rings. The minimum atomic E-state index is -0.988. The molecule has 0 aromatic heterocycles. The first kappa shape index (κ1) is 27.7. The fourth-order valence-corrected chi connectivity index (χ4v) is 5.15. The molecule has 0 saturated heterocycles. The highest BCUT2D eigenvalue weighted by molar-refractivity contribution is 5.92. The molecular weight excluding hydrogens is 456 g/mol. The van der Waals surface area contributed by atoms with Crippen molar-refractivity contribution in [1.29, 1.82) is 0 Å². The second-order valence-electron chi connectivity index (χ2n) is 9.34. The van der Waals surface area contributed by atoms with E-state index in [4.69, 9.17) is 4.74 Å². The molecule has 196 valence electrons. The van der Waals surface area contributed by atoms with Gasteiger partial charge in [-0.2, -0.15) is 0 Å². The molecule has 3 rings (SSSR count). The van der Waals surface area contributed by atoms with Gasteiger partial charge in [0.2, 0.25) is 0 Å². The predicted octanol–water partition coefficient (Wildman–Crippen LogP) is 5.33. The molecule has 0 atom stereocenters. The van der Waals surface area contributed by atoms with Crippen molar-refractivity contribution in [2.24, 2.45) is 0 Å². The first-order valence-corrected chi connectivity index (χ1v) is 13.2. The largest absolute Gasteiger partial charge is 0.478 e. The average molecular weight is 497 g/mol. The van der Waals surface area contributed by atoms with E-state index in [1.54, 1.807) is 18.2 Å². The summed E-state index contributed by atoms with van der Waals surface area (Å²) in [5, 5.41) is 19.8. The minimum Gasteiger partial charge on any atom is -0.478 e. The number of hydrogen-bond donors (Lipinski definition) is 2. The van der Waals surface area contributed by atoms with E-state index in [-0.39, 0.29) is 5.56 Å². The zero-order valence-electron chi connectivity index (χ0n) is 22.1. The average Bonchev–Trinajstić information content (AvgIpc) is 2.87. The molecule has 36 heavy (non-hydrogen) atoms. The molecule has 1 aliphatic rings. The van der Waals surface area contributed by atoms with Crippen LogP contribution in [0.25, 0.3) is 0 Å². The fourth-order valence-electron chi connectivity index (χ4n) is 5.15. The Bertz CT molecular complexity index is 1070. The molecule has 1 heterocycles. The van der Waals surface area contributed by atoms with E-state index in [0.29, 0.717) is 36.3 Å². The van der Waals surface area contributed by atoms with Gasteiger partial charge in [0.05, 0.1) is 11.1 Å². The lowest BCUT2D eigenvalue weighted by Gasteiger charge is -2.27. The van der Waals surface area contributed by atoms with Crippen LogP contribution >= 0.6 is 0 Å². The maximum absolute atomic E-state index is 12.6. The Labute approximate surface area is 214 Å². The zero-order valence-corrected chi connectivity index (χ0v) is 22.1. The van der Waals surface area contributed by atoms with E-state index in [9.17, 15) is 19.8 Å². The van der Waals surface area contributed by atoms with Gasteiger partial charge in [-0.3, -0.25) is 0 Å². The maximum atomic E-state index is 12.6. The van der Waals surface area contributed by atoms with E-state index in [1.807, 2.05) is 6.07 Å². The number of hydrogen-bond acceptors (Lipinski definition) is 5. The van der Waals surface area contributed by atoms with Gasteiger partial charge in [0.25, 0.3) is 0 Å². The van der Waals surface area contributed by atoms with Crippen molar-refractivity contribution in [1.82, 2.24) is 9.80 Å². The number of carboxylic acid groups (broad SMARTS) is 2. The van der Waals surface area contributed by atoms with Gasteiger partial charge in [-0.25, -0.2) is 9.59 Å². The summed E-state index contributed by atoms with van der Waals surface area (Å²) in [5.41, 5.74) is 3.89. The standard InChI is InChI=1S/C29H40N2O5/c1-5-30(6-2)15-9-11-20-19-26-24(18-22-17-21(28(32)33)13-14-25(22)36-26)23(27(20)29(34)35)12-10-16-31(7-3)8-4/h13-14,17,19H,5-12,15-16,18H2,1-4H3,(H,32,33)(H,34,35). The molecule has 0 unspecified atom stereocenters. The topological polar surface area (TPSA) is 90.3 Å². The summed E-state index contributed by atoms with van der Waals surface area (Å²) >= 11 is 0. The van der Waals surface area contributed by atoms with Crippen LogP contribution in [0.2, 0.25) is 0 Å². The van der Waals surface area contributed by atoms with Gasteiger partial charge in [0.1, 0.15) is 11.5 Å². The maximum Gasteiger partial charge on any atom is 0.336 e. The van der Waals surface area contributed by atoms with Crippen molar-refractivity contribution < 1.29 is 24.5 Å². The second-order valence-corrected chi connectivity index (χ2v) is 9.34. The molecular formula is C29H40N2O5. The third-order valence-electron chi connectivity index (χ3n) is 7.31. The van der Waals surface area contributed by atoms with Crippen LogP contribution in [0.5, 0.6) is 11.5 Å². The number of nitrogens with zero attached hydrogens (tertiary/aromatic N) is 2. The Morgan fingerprint density at radius 1 is 0.833 bits per heavy atom. The third-order valence-corrected chi connectivity index (χ3v) is 7.31. The summed E-state index contributed by atoms with van der Waals surface area (Å²) in [4.78, 5) is 28.8. The van der Waals surface area contributed by atoms with Crippen LogP contribution in [-0.2, 0) is 19.3 Å². The van der Waals surface area contributed by atoms with E-state index in [0.717, 1.165) is 74.4 Å². The molecule has 7 heteroatoms. The van der Waals surface area contributed by atoms with E-state index < -0.39 is 11.9 Å². The van der Waals surface area contributed by atoms with Gasteiger partial charge >= 0.3 is 11.9 Å². The Balaban J connectivity index is 2.00. The van der Waals surface area contributed by atoms with Gasteiger partial charge in [0, 0.05) is 17.5 Å². The molecule has 0 spiro atoms. The normalized spacial score (nSPS) is 12.4. The van der Waals surface area contributed by atoms with E-state index in [1.165, 1.54) is 0 Å². The van der Waals surface area contributed by atoms with Crippen molar-refractivity contribution in [2.45, 2.75) is 59.8 Å². The van der Waals surface area contributed by atoms with Gasteiger partial charge in [0.15, 0.2) is 0 Å².